The highest BCUT2D eigenvalue weighted by Crippen LogP contribution is 2.22. The lowest BCUT2D eigenvalue weighted by Crippen LogP contribution is -2.37. The molecular weight excluding hydrogens is 217 g/mol. The Morgan fingerprint density at radius 3 is 3.00 bits per heavy atom. The van der Waals surface area contributed by atoms with Crippen LogP contribution in [-0.4, -0.2) is 19.2 Å². The molecule has 1 aromatic carbocycles. The van der Waals surface area contributed by atoms with Crippen molar-refractivity contribution in [2.24, 2.45) is 0 Å². The molecule has 0 aromatic heterocycles. The average Bonchev–Trinajstić information content (AvgIpc) is 2.25. The molecule has 2 rings (SSSR count). The lowest BCUT2D eigenvalue weighted by atomic mass is 10.1. The van der Waals surface area contributed by atoms with Crippen LogP contribution in [0.2, 0.25) is 5.02 Å². The number of halogens is 2. The van der Waals surface area contributed by atoms with Gasteiger partial charge in [0.25, 0.3) is 0 Å². The summed E-state index contributed by atoms with van der Waals surface area (Å²) < 4.78 is 18.6. The summed E-state index contributed by atoms with van der Waals surface area (Å²) in [5.41, 5.74) is 0. The molecule has 0 amide bonds. The zero-order valence-electron chi connectivity index (χ0n) is 8.30. The van der Waals surface area contributed by atoms with Crippen LogP contribution in [0.25, 0.3) is 0 Å². The average molecular weight is 230 g/mol. The second-order valence-corrected chi connectivity index (χ2v) is 4.07. The molecule has 2 nitrogen and oxygen atoms in total. The summed E-state index contributed by atoms with van der Waals surface area (Å²) in [6.07, 6.45) is 2.31. The Morgan fingerprint density at radius 1 is 1.47 bits per heavy atom. The monoisotopic (exact) mass is 229 g/mol. The van der Waals surface area contributed by atoms with Gasteiger partial charge in [-0.3, -0.25) is 0 Å². The second-order valence-electron chi connectivity index (χ2n) is 3.66. The van der Waals surface area contributed by atoms with Crippen molar-refractivity contribution in [2.75, 3.05) is 13.1 Å². The molecule has 1 fully saturated rings. The van der Waals surface area contributed by atoms with Gasteiger partial charge in [0.15, 0.2) is 0 Å². The molecule has 1 saturated heterocycles. The minimum atomic E-state index is -0.411. The number of ether oxygens (including phenoxy) is 1. The molecule has 4 heteroatoms. The van der Waals surface area contributed by atoms with E-state index in [2.05, 4.69) is 5.32 Å². The molecule has 1 N–H and O–H groups in total. The van der Waals surface area contributed by atoms with Gasteiger partial charge in [0.1, 0.15) is 17.7 Å². The van der Waals surface area contributed by atoms with E-state index in [1.807, 2.05) is 0 Å². The Bertz CT molecular complexity index is 339. The first-order chi connectivity index (χ1) is 7.25. The smallest absolute Gasteiger partial charge is 0.142 e. The van der Waals surface area contributed by atoms with Gasteiger partial charge in [-0.25, -0.2) is 4.39 Å². The fourth-order valence-corrected chi connectivity index (χ4v) is 1.83. The van der Waals surface area contributed by atoms with Crippen LogP contribution in [0, 0.1) is 5.82 Å². The Hall–Kier alpha value is -0.800. The Morgan fingerprint density at radius 2 is 2.33 bits per heavy atom. The third-order valence-corrected chi connectivity index (χ3v) is 2.74. The third kappa shape index (κ3) is 2.83. The quantitative estimate of drug-likeness (QED) is 0.842. The van der Waals surface area contributed by atoms with Gasteiger partial charge < -0.3 is 10.1 Å². The molecule has 82 valence electrons. The van der Waals surface area contributed by atoms with Crippen molar-refractivity contribution in [2.45, 2.75) is 18.9 Å². The van der Waals surface area contributed by atoms with Gasteiger partial charge in [-0.05, 0) is 31.5 Å². The zero-order valence-corrected chi connectivity index (χ0v) is 9.06. The predicted octanol–water partition coefficient (Wildman–Crippen LogP) is 2.61. The van der Waals surface area contributed by atoms with E-state index in [4.69, 9.17) is 16.3 Å². The van der Waals surface area contributed by atoms with Crippen LogP contribution in [0.1, 0.15) is 12.8 Å². The van der Waals surface area contributed by atoms with Crippen LogP contribution in [-0.2, 0) is 0 Å². The number of nitrogens with one attached hydrogen (secondary N) is 1. The molecule has 0 bridgehead atoms. The minimum absolute atomic E-state index is 0.108. The molecule has 0 radical (unpaired) electrons. The van der Waals surface area contributed by atoms with Gasteiger partial charge in [0, 0.05) is 12.6 Å². The normalized spacial score (nSPS) is 21.3. The van der Waals surface area contributed by atoms with Crippen LogP contribution >= 0.6 is 11.6 Å². The molecule has 15 heavy (non-hydrogen) atoms. The zero-order chi connectivity index (χ0) is 10.7. The fourth-order valence-electron chi connectivity index (χ4n) is 1.66. The van der Waals surface area contributed by atoms with E-state index < -0.39 is 5.82 Å². The summed E-state index contributed by atoms with van der Waals surface area (Å²) in [6.45, 7) is 1.89. The van der Waals surface area contributed by atoms with Crippen molar-refractivity contribution in [1.82, 2.24) is 5.32 Å². The van der Waals surface area contributed by atoms with E-state index in [1.54, 1.807) is 6.07 Å². The maximum atomic E-state index is 12.9. The highest BCUT2D eigenvalue weighted by molar-refractivity contribution is 6.30. The minimum Gasteiger partial charge on any atom is -0.489 e. The maximum Gasteiger partial charge on any atom is 0.142 e. The maximum absolute atomic E-state index is 12.9. The van der Waals surface area contributed by atoms with Crippen molar-refractivity contribution in [3.63, 3.8) is 0 Å². The van der Waals surface area contributed by atoms with Gasteiger partial charge in [0.2, 0.25) is 0 Å². The van der Waals surface area contributed by atoms with Gasteiger partial charge in [0.05, 0.1) is 5.02 Å². The largest absolute Gasteiger partial charge is 0.489 e. The van der Waals surface area contributed by atoms with E-state index in [0.29, 0.717) is 5.75 Å². The molecule has 0 unspecified atom stereocenters. The van der Waals surface area contributed by atoms with Crippen molar-refractivity contribution < 1.29 is 9.13 Å². The van der Waals surface area contributed by atoms with Crippen molar-refractivity contribution in [3.05, 3.63) is 29.0 Å². The Labute approximate surface area is 93.4 Å². The van der Waals surface area contributed by atoms with E-state index in [1.165, 1.54) is 12.1 Å². The van der Waals surface area contributed by atoms with Crippen LogP contribution in [0.3, 0.4) is 0 Å². The van der Waals surface area contributed by atoms with Crippen LogP contribution < -0.4 is 10.1 Å². The molecule has 0 spiro atoms. The summed E-state index contributed by atoms with van der Waals surface area (Å²) in [5, 5.41) is 3.36. The predicted molar refractivity (Wildman–Crippen MR) is 57.9 cm³/mol. The fraction of sp³-hybridized carbons (Fsp3) is 0.455. The third-order valence-electron chi connectivity index (χ3n) is 2.45. The Balaban J connectivity index is 2.00. The van der Waals surface area contributed by atoms with Gasteiger partial charge in [-0.2, -0.15) is 0 Å². The number of hydrogen-bond donors (Lipinski definition) is 1. The number of hydrogen-bond acceptors (Lipinski definition) is 2. The van der Waals surface area contributed by atoms with Crippen LogP contribution in [0.4, 0.5) is 4.39 Å². The molecular formula is C11H13ClFNO. The standard InChI is InChI=1S/C11H13ClFNO/c12-10-6-8(3-4-11(10)13)15-9-2-1-5-14-7-9/h3-4,6,9,14H,1-2,5,7H2/t9-/m0/s1. The molecule has 1 aromatic rings. The van der Waals surface area contributed by atoms with Crippen molar-refractivity contribution >= 4 is 11.6 Å². The first-order valence-electron chi connectivity index (χ1n) is 5.08. The van der Waals surface area contributed by atoms with Crippen LogP contribution in [0.15, 0.2) is 18.2 Å². The second kappa shape index (κ2) is 4.81. The summed E-state index contributed by atoms with van der Waals surface area (Å²) in [6, 6.07) is 4.45. The first-order valence-corrected chi connectivity index (χ1v) is 5.46. The van der Waals surface area contributed by atoms with E-state index in [-0.39, 0.29) is 11.1 Å². The van der Waals surface area contributed by atoms with Crippen molar-refractivity contribution in [1.29, 1.82) is 0 Å². The van der Waals surface area contributed by atoms with E-state index in [9.17, 15) is 4.39 Å². The molecule has 0 aliphatic carbocycles. The highest BCUT2D eigenvalue weighted by atomic mass is 35.5. The highest BCUT2D eigenvalue weighted by Gasteiger charge is 2.14. The molecule has 1 atom stereocenters. The molecule has 1 heterocycles. The van der Waals surface area contributed by atoms with Crippen LogP contribution in [0.5, 0.6) is 5.75 Å². The summed E-state index contributed by atoms with van der Waals surface area (Å²) in [7, 11) is 0. The molecule has 0 saturated carbocycles. The van der Waals surface area contributed by atoms with Gasteiger partial charge in [-0.15, -0.1) is 0 Å². The first kappa shape index (κ1) is 10.7. The molecule has 1 aliphatic rings. The summed E-state index contributed by atoms with van der Waals surface area (Å²) in [4.78, 5) is 0. The lowest BCUT2D eigenvalue weighted by Gasteiger charge is -2.23. The van der Waals surface area contributed by atoms with Gasteiger partial charge >= 0.3 is 0 Å². The SMILES string of the molecule is Fc1ccc(O[C@H]2CCCNC2)cc1Cl. The summed E-state index contributed by atoms with van der Waals surface area (Å²) in [5.74, 6) is 0.223. The summed E-state index contributed by atoms with van der Waals surface area (Å²) >= 11 is 5.66. The van der Waals surface area contributed by atoms with E-state index in [0.717, 1.165) is 25.9 Å². The van der Waals surface area contributed by atoms with E-state index >= 15 is 0 Å². The Kier molecular flexibility index (Phi) is 3.44. The van der Waals surface area contributed by atoms with Crippen molar-refractivity contribution in [3.8, 4) is 5.75 Å². The number of rotatable bonds is 2. The number of benzene rings is 1. The topological polar surface area (TPSA) is 21.3 Å². The lowest BCUT2D eigenvalue weighted by molar-refractivity contribution is 0.167. The van der Waals surface area contributed by atoms with Gasteiger partial charge in [-0.1, -0.05) is 11.6 Å². The molecule has 1 aliphatic heterocycles. The number of piperidine rings is 1.